The molecule has 0 aliphatic carbocycles. The Kier molecular flexibility index (Phi) is 10.1. The molecule has 2 amide bonds. The van der Waals surface area contributed by atoms with Gasteiger partial charge < -0.3 is 14.4 Å². The Bertz CT molecular complexity index is 1030. The first-order valence-electron chi connectivity index (χ1n) is 11.8. The maximum absolute atomic E-state index is 13.3. The zero-order chi connectivity index (χ0) is 25.3. The molecule has 0 fully saturated rings. The number of nitrogens with zero attached hydrogens (tertiary/aromatic N) is 3. The van der Waals surface area contributed by atoms with Crippen molar-refractivity contribution in [3.05, 3.63) is 70.3 Å². The molecule has 2 heterocycles. The van der Waals surface area contributed by atoms with Crippen LogP contribution in [0.5, 0.6) is 0 Å². The van der Waals surface area contributed by atoms with E-state index < -0.39 is 8.07 Å². The molecule has 1 aliphatic heterocycles. The van der Waals surface area contributed by atoms with E-state index in [0.717, 1.165) is 21.7 Å². The third kappa shape index (κ3) is 8.90. The maximum atomic E-state index is 13.3. The molecular weight excluding hydrogens is 526 g/mol. The van der Waals surface area contributed by atoms with Gasteiger partial charge in [0.25, 0.3) is 0 Å². The molecule has 9 heteroatoms. The Morgan fingerprint density at radius 3 is 2.57 bits per heavy atom. The van der Waals surface area contributed by atoms with Crippen LogP contribution in [0.4, 0.5) is 10.6 Å². The van der Waals surface area contributed by atoms with Crippen LogP contribution in [0.25, 0.3) is 0 Å². The minimum absolute atomic E-state index is 0.0799. The first-order valence-corrected chi connectivity index (χ1v) is 16.3. The summed E-state index contributed by atoms with van der Waals surface area (Å²) in [7, 11) is -1.23. The van der Waals surface area contributed by atoms with Gasteiger partial charge in [-0.05, 0) is 46.1 Å². The Morgan fingerprint density at radius 1 is 1.14 bits per heavy atom. The fourth-order valence-electron chi connectivity index (χ4n) is 3.50. The summed E-state index contributed by atoms with van der Waals surface area (Å²) in [4.78, 5) is 33.3. The van der Waals surface area contributed by atoms with E-state index >= 15 is 0 Å². The molecule has 0 atom stereocenters. The average Bonchev–Trinajstić information content (AvgIpc) is 2.83. The van der Waals surface area contributed by atoms with Crippen molar-refractivity contribution in [3.8, 4) is 0 Å². The normalized spacial score (nSPS) is 13.8. The van der Waals surface area contributed by atoms with Crippen LogP contribution in [0, 0.1) is 0 Å². The lowest BCUT2D eigenvalue weighted by Crippen LogP contribution is -2.37. The lowest BCUT2D eigenvalue weighted by molar-refractivity contribution is -0.119. The molecule has 0 saturated heterocycles. The lowest BCUT2D eigenvalue weighted by atomic mass is 10.0. The van der Waals surface area contributed by atoms with Gasteiger partial charge in [0.05, 0.1) is 4.47 Å². The molecule has 1 aromatic heterocycles. The summed E-state index contributed by atoms with van der Waals surface area (Å²) >= 11 is 3.51. The third-order valence-electron chi connectivity index (χ3n) is 5.66. The van der Waals surface area contributed by atoms with Crippen LogP contribution >= 0.6 is 15.9 Å². The predicted molar refractivity (Wildman–Crippen MR) is 144 cm³/mol. The Labute approximate surface area is 217 Å². The van der Waals surface area contributed by atoms with Crippen molar-refractivity contribution in [2.24, 2.45) is 0 Å². The van der Waals surface area contributed by atoms with Crippen molar-refractivity contribution >= 4 is 41.8 Å². The highest BCUT2D eigenvalue weighted by molar-refractivity contribution is 9.10. The molecule has 1 aliphatic rings. The second-order valence-electron chi connectivity index (χ2n) is 9.75. The molecule has 0 N–H and O–H groups in total. The number of pyridine rings is 1. The van der Waals surface area contributed by atoms with Crippen molar-refractivity contribution < 1.29 is 19.1 Å². The molecule has 0 bridgehead atoms. The SMILES string of the molecule is C[Si](C)(C)CCOCN(C(=O)CC1=CCN(C(=O)OCc2ccccc2)CC1)c1ncccc1Br. The van der Waals surface area contributed by atoms with Crippen LogP contribution in [-0.4, -0.2) is 56.4 Å². The number of benzene rings is 1. The number of rotatable bonds is 10. The largest absolute Gasteiger partial charge is 0.445 e. The minimum atomic E-state index is -1.23. The number of amides is 2. The molecule has 35 heavy (non-hydrogen) atoms. The van der Waals surface area contributed by atoms with E-state index in [1.54, 1.807) is 16.0 Å². The predicted octanol–water partition coefficient (Wildman–Crippen LogP) is 5.85. The summed E-state index contributed by atoms with van der Waals surface area (Å²) in [6, 6.07) is 14.3. The molecule has 7 nitrogen and oxygen atoms in total. The van der Waals surface area contributed by atoms with Crippen molar-refractivity contribution in [1.29, 1.82) is 0 Å². The van der Waals surface area contributed by atoms with E-state index in [1.165, 1.54) is 0 Å². The fourth-order valence-corrected chi connectivity index (χ4v) is 4.73. The number of hydrogen-bond acceptors (Lipinski definition) is 5. The van der Waals surface area contributed by atoms with Gasteiger partial charge in [-0.1, -0.05) is 61.6 Å². The highest BCUT2D eigenvalue weighted by Crippen LogP contribution is 2.25. The van der Waals surface area contributed by atoms with Gasteiger partial charge >= 0.3 is 6.09 Å². The van der Waals surface area contributed by atoms with E-state index in [-0.39, 0.29) is 31.8 Å². The number of carbonyl (C=O) groups excluding carboxylic acids is 2. The number of hydrogen-bond donors (Lipinski definition) is 0. The van der Waals surface area contributed by atoms with Gasteiger partial charge in [0.1, 0.15) is 13.3 Å². The number of aromatic nitrogens is 1. The molecule has 0 unspecified atom stereocenters. The maximum Gasteiger partial charge on any atom is 0.410 e. The van der Waals surface area contributed by atoms with E-state index in [4.69, 9.17) is 9.47 Å². The monoisotopic (exact) mass is 559 g/mol. The van der Waals surface area contributed by atoms with Gasteiger partial charge in [0.2, 0.25) is 5.91 Å². The topological polar surface area (TPSA) is 72.0 Å². The van der Waals surface area contributed by atoms with Gasteiger partial charge in [0.15, 0.2) is 5.82 Å². The molecule has 3 rings (SSSR count). The van der Waals surface area contributed by atoms with Crippen LogP contribution in [-0.2, 0) is 20.9 Å². The van der Waals surface area contributed by atoms with Crippen LogP contribution in [0.3, 0.4) is 0 Å². The Balaban J connectivity index is 1.56. The standard InChI is InChI=1S/C26H34BrN3O4Si/c1-35(2,3)17-16-33-20-30(25-23(27)10-7-13-28-25)24(31)18-21-11-14-29(15-12-21)26(32)34-19-22-8-5-4-6-9-22/h4-11,13H,12,14-20H2,1-3H3. The first kappa shape index (κ1) is 27.1. The van der Waals surface area contributed by atoms with E-state index in [9.17, 15) is 9.59 Å². The number of halogens is 1. The van der Waals surface area contributed by atoms with Crippen molar-refractivity contribution in [1.82, 2.24) is 9.88 Å². The van der Waals surface area contributed by atoms with E-state index in [2.05, 4.69) is 40.6 Å². The lowest BCUT2D eigenvalue weighted by Gasteiger charge is -2.27. The van der Waals surface area contributed by atoms with Gasteiger partial charge in [-0.3, -0.25) is 9.69 Å². The zero-order valence-corrected chi connectivity index (χ0v) is 23.3. The van der Waals surface area contributed by atoms with Crippen LogP contribution in [0.15, 0.2) is 64.8 Å². The van der Waals surface area contributed by atoms with Crippen LogP contribution < -0.4 is 4.90 Å². The van der Waals surface area contributed by atoms with E-state index in [1.807, 2.05) is 48.5 Å². The summed E-state index contributed by atoms with van der Waals surface area (Å²) in [5, 5.41) is 0. The number of ether oxygens (including phenoxy) is 2. The van der Waals surface area contributed by atoms with Gasteiger partial charge in [0, 0.05) is 40.4 Å². The second kappa shape index (κ2) is 13.0. The molecule has 0 radical (unpaired) electrons. The van der Waals surface area contributed by atoms with Crippen LogP contribution in [0.2, 0.25) is 25.7 Å². The molecular formula is C26H34BrN3O4Si. The minimum Gasteiger partial charge on any atom is -0.445 e. The quantitative estimate of drug-likeness (QED) is 0.158. The highest BCUT2D eigenvalue weighted by atomic mass is 79.9. The summed E-state index contributed by atoms with van der Waals surface area (Å²) < 4.78 is 12.1. The second-order valence-corrected chi connectivity index (χ2v) is 16.2. The smallest absolute Gasteiger partial charge is 0.410 e. The third-order valence-corrected chi connectivity index (χ3v) is 7.98. The van der Waals surface area contributed by atoms with Crippen molar-refractivity contribution in [2.75, 3.05) is 31.3 Å². The van der Waals surface area contributed by atoms with Gasteiger partial charge in [-0.2, -0.15) is 0 Å². The summed E-state index contributed by atoms with van der Waals surface area (Å²) in [6.45, 7) is 8.86. The van der Waals surface area contributed by atoms with Crippen molar-refractivity contribution in [3.63, 3.8) is 0 Å². The first-order chi connectivity index (χ1) is 16.7. The highest BCUT2D eigenvalue weighted by Gasteiger charge is 2.24. The molecule has 2 aromatic rings. The van der Waals surface area contributed by atoms with Crippen molar-refractivity contribution in [2.45, 2.75) is 45.1 Å². The molecule has 188 valence electrons. The summed E-state index contributed by atoms with van der Waals surface area (Å²) in [5.41, 5.74) is 1.95. The van der Waals surface area contributed by atoms with Gasteiger partial charge in [-0.15, -0.1) is 0 Å². The Morgan fingerprint density at radius 2 is 1.91 bits per heavy atom. The summed E-state index contributed by atoms with van der Waals surface area (Å²) in [6.07, 6.45) is 4.16. The molecule has 1 aromatic carbocycles. The summed E-state index contributed by atoms with van der Waals surface area (Å²) in [5.74, 6) is 0.469. The zero-order valence-electron chi connectivity index (χ0n) is 20.7. The van der Waals surface area contributed by atoms with Crippen LogP contribution in [0.1, 0.15) is 18.4 Å². The molecule has 0 saturated carbocycles. The van der Waals surface area contributed by atoms with E-state index in [0.29, 0.717) is 31.9 Å². The fraction of sp³-hybridized carbons (Fsp3) is 0.423. The number of anilines is 1. The Hall–Kier alpha value is -2.49. The van der Waals surface area contributed by atoms with Gasteiger partial charge in [-0.25, -0.2) is 9.78 Å². The average molecular weight is 561 g/mol. The molecule has 0 spiro atoms. The number of carbonyl (C=O) groups is 2.